The highest BCUT2D eigenvalue weighted by molar-refractivity contribution is 8.13. The molecule has 2 aliphatic rings. The highest BCUT2D eigenvalue weighted by Gasteiger charge is 2.29. The molecular weight excluding hydrogens is 276 g/mol. The van der Waals surface area contributed by atoms with Crippen LogP contribution >= 0.6 is 23.4 Å². The Kier molecular flexibility index (Phi) is 4.34. The molecular formula is C15H19ClN2S. The number of thioether (sulfide) groups is 1. The van der Waals surface area contributed by atoms with E-state index in [1.165, 1.54) is 37.0 Å². The zero-order chi connectivity index (χ0) is 13.1. The lowest BCUT2D eigenvalue weighted by Crippen LogP contribution is -2.46. The van der Waals surface area contributed by atoms with Gasteiger partial charge < -0.3 is 5.32 Å². The van der Waals surface area contributed by atoms with Gasteiger partial charge in [0.1, 0.15) is 0 Å². The maximum absolute atomic E-state index is 5.99. The fraction of sp³-hybridized carbons (Fsp3) is 0.533. The molecule has 0 spiro atoms. The zero-order valence-electron chi connectivity index (χ0n) is 10.9. The highest BCUT2D eigenvalue weighted by atomic mass is 35.5. The summed E-state index contributed by atoms with van der Waals surface area (Å²) < 4.78 is 0. The molecule has 2 nitrogen and oxygen atoms in total. The van der Waals surface area contributed by atoms with Crippen LogP contribution in [0.25, 0.3) is 0 Å². The van der Waals surface area contributed by atoms with Crippen molar-refractivity contribution in [1.29, 1.82) is 0 Å². The highest BCUT2D eigenvalue weighted by Crippen LogP contribution is 2.31. The molecule has 2 fully saturated rings. The van der Waals surface area contributed by atoms with E-state index in [4.69, 9.17) is 16.6 Å². The average molecular weight is 295 g/mol. The average Bonchev–Trinajstić information content (AvgIpc) is 2.45. The van der Waals surface area contributed by atoms with E-state index < -0.39 is 0 Å². The SMILES string of the molecule is Clc1cccc(CN=C2NC3CCCCC3CS2)c1. The standard InChI is InChI=1S/C15H19ClN2S/c16-13-6-3-4-11(8-13)9-17-15-18-14-7-2-1-5-12(14)10-19-15/h3-4,6,8,12,14H,1-2,5,7,9-10H2,(H,17,18). The Morgan fingerprint density at radius 1 is 1.32 bits per heavy atom. The first-order chi connectivity index (χ1) is 9.31. The van der Waals surface area contributed by atoms with Gasteiger partial charge in [0.15, 0.2) is 5.17 Å². The fourth-order valence-corrected chi connectivity index (χ4v) is 4.25. The molecule has 0 bridgehead atoms. The number of nitrogens with zero attached hydrogens (tertiary/aromatic N) is 1. The third-order valence-corrected chi connectivity index (χ3v) is 5.30. The lowest BCUT2D eigenvalue weighted by molar-refractivity contribution is 0.311. The second-order valence-electron chi connectivity index (χ2n) is 5.36. The van der Waals surface area contributed by atoms with Gasteiger partial charge in [0, 0.05) is 16.8 Å². The van der Waals surface area contributed by atoms with E-state index in [-0.39, 0.29) is 0 Å². The van der Waals surface area contributed by atoms with Gasteiger partial charge in [0.05, 0.1) is 6.54 Å². The molecule has 1 saturated heterocycles. The molecule has 1 aliphatic carbocycles. The van der Waals surface area contributed by atoms with Crippen LogP contribution in [0, 0.1) is 5.92 Å². The fourth-order valence-electron chi connectivity index (χ4n) is 2.87. The van der Waals surface area contributed by atoms with Gasteiger partial charge in [0.25, 0.3) is 0 Å². The van der Waals surface area contributed by atoms with Crippen molar-refractivity contribution < 1.29 is 0 Å². The Morgan fingerprint density at radius 3 is 3.11 bits per heavy atom. The van der Waals surface area contributed by atoms with E-state index in [1.54, 1.807) is 0 Å². The predicted molar refractivity (Wildman–Crippen MR) is 83.9 cm³/mol. The van der Waals surface area contributed by atoms with Gasteiger partial charge in [0.2, 0.25) is 0 Å². The Balaban J connectivity index is 1.61. The summed E-state index contributed by atoms with van der Waals surface area (Å²) in [5.41, 5.74) is 1.17. The predicted octanol–water partition coefficient (Wildman–Crippen LogP) is 4.09. The summed E-state index contributed by atoms with van der Waals surface area (Å²) in [6, 6.07) is 8.61. The summed E-state index contributed by atoms with van der Waals surface area (Å²) in [4.78, 5) is 4.70. The van der Waals surface area contributed by atoms with Crippen LogP contribution in [0.1, 0.15) is 31.2 Å². The molecule has 1 N–H and O–H groups in total. The molecule has 1 heterocycles. The minimum atomic E-state index is 0.660. The number of hydrogen-bond donors (Lipinski definition) is 1. The van der Waals surface area contributed by atoms with Crippen molar-refractivity contribution >= 4 is 28.5 Å². The van der Waals surface area contributed by atoms with Crippen molar-refractivity contribution in [3.63, 3.8) is 0 Å². The molecule has 19 heavy (non-hydrogen) atoms. The molecule has 2 unspecified atom stereocenters. The van der Waals surface area contributed by atoms with Crippen molar-refractivity contribution in [3.05, 3.63) is 34.9 Å². The molecule has 102 valence electrons. The number of halogens is 1. The first kappa shape index (κ1) is 13.3. The Labute approximate surface area is 124 Å². The summed E-state index contributed by atoms with van der Waals surface area (Å²) in [5, 5.41) is 5.52. The van der Waals surface area contributed by atoms with Gasteiger partial charge in [-0.1, -0.05) is 48.3 Å². The second kappa shape index (κ2) is 6.19. The molecule has 2 atom stereocenters. The van der Waals surface area contributed by atoms with Crippen LogP contribution in [-0.4, -0.2) is 17.0 Å². The smallest absolute Gasteiger partial charge is 0.157 e. The first-order valence-corrected chi connectivity index (χ1v) is 8.36. The van der Waals surface area contributed by atoms with Gasteiger partial charge in [-0.2, -0.15) is 0 Å². The minimum absolute atomic E-state index is 0.660. The second-order valence-corrected chi connectivity index (χ2v) is 6.80. The van der Waals surface area contributed by atoms with Crippen molar-refractivity contribution in [2.75, 3.05) is 5.75 Å². The maximum atomic E-state index is 5.99. The number of aliphatic imine (C=N–C) groups is 1. The lowest BCUT2D eigenvalue weighted by atomic mass is 9.86. The molecule has 0 amide bonds. The van der Waals surface area contributed by atoms with Gasteiger partial charge >= 0.3 is 0 Å². The molecule has 0 radical (unpaired) electrons. The summed E-state index contributed by atoms with van der Waals surface area (Å²) in [7, 11) is 0. The van der Waals surface area contributed by atoms with Gasteiger partial charge in [-0.3, -0.25) is 4.99 Å². The lowest BCUT2D eigenvalue weighted by Gasteiger charge is -2.36. The molecule has 1 aromatic rings. The Bertz CT molecular complexity index is 475. The van der Waals surface area contributed by atoms with E-state index in [0.29, 0.717) is 12.6 Å². The van der Waals surface area contributed by atoms with E-state index >= 15 is 0 Å². The summed E-state index contributed by atoms with van der Waals surface area (Å²) >= 11 is 7.87. The topological polar surface area (TPSA) is 24.4 Å². The van der Waals surface area contributed by atoms with Crippen LogP contribution in [0.15, 0.2) is 29.3 Å². The van der Waals surface area contributed by atoms with E-state index in [2.05, 4.69) is 11.4 Å². The molecule has 1 saturated carbocycles. The Hall–Kier alpha value is -0.670. The van der Waals surface area contributed by atoms with Crippen LogP contribution in [-0.2, 0) is 6.54 Å². The number of rotatable bonds is 2. The maximum Gasteiger partial charge on any atom is 0.157 e. The number of amidine groups is 1. The minimum Gasteiger partial charge on any atom is -0.362 e. The number of nitrogens with one attached hydrogen (secondary N) is 1. The van der Waals surface area contributed by atoms with Crippen molar-refractivity contribution in [1.82, 2.24) is 5.32 Å². The van der Waals surface area contributed by atoms with Crippen LogP contribution in [0.5, 0.6) is 0 Å². The Morgan fingerprint density at radius 2 is 2.21 bits per heavy atom. The molecule has 4 heteroatoms. The monoisotopic (exact) mass is 294 g/mol. The van der Waals surface area contributed by atoms with Crippen molar-refractivity contribution in [3.8, 4) is 0 Å². The summed E-state index contributed by atoms with van der Waals surface area (Å²) in [6.07, 6.45) is 5.45. The van der Waals surface area contributed by atoms with Gasteiger partial charge in [-0.15, -0.1) is 0 Å². The van der Waals surface area contributed by atoms with E-state index in [0.717, 1.165) is 16.1 Å². The molecule has 3 rings (SSSR count). The summed E-state index contributed by atoms with van der Waals surface area (Å²) in [6.45, 7) is 0.716. The van der Waals surface area contributed by atoms with Crippen molar-refractivity contribution in [2.45, 2.75) is 38.3 Å². The van der Waals surface area contributed by atoms with Gasteiger partial charge in [-0.05, 0) is 36.5 Å². The number of hydrogen-bond acceptors (Lipinski definition) is 2. The van der Waals surface area contributed by atoms with Crippen LogP contribution in [0.4, 0.5) is 0 Å². The number of fused-ring (bicyclic) bond motifs is 1. The largest absolute Gasteiger partial charge is 0.362 e. The quantitative estimate of drug-likeness (QED) is 0.888. The normalized spacial score (nSPS) is 28.8. The van der Waals surface area contributed by atoms with E-state index in [1.807, 2.05) is 30.0 Å². The molecule has 1 aliphatic heterocycles. The van der Waals surface area contributed by atoms with Crippen molar-refractivity contribution in [2.24, 2.45) is 10.9 Å². The molecule has 0 aromatic heterocycles. The van der Waals surface area contributed by atoms with E-state index in [9.17, 15) is 0 Å². The third-order valence-electron chi connectivity index (χ3n) is 3.95. The van der Waals surface area contributed by atoms with Crippen LogP contribution in [0.3, 0.4) is 0 Å². The first-order valence-electron chi connectivity index (χ1n) is 6.99. The van der Waals surface area contributed by atoms with Crippen LogP contribution < -0.4 is 5.32 Å². The summed E-state index contributed by atoms with van der Waals surface area (Å²) in [5.74, 6) is 2.08. The van der Waals surface area contributed by atoms with Gasteiger partial charge in [-0.25, -0.2) is 0 Å². The third kappa shape index (κ3) is 3.46. The molecule has 1 aromatic carbocycles. The van der Waals surface area contributed by atoms with Crippen LogP contribution in [0.2, 0.25) is 5.02 Å². The zero-order valence-corrected chi connectivity index (χ0v) is 12.5. The number of benzene rings is 1.